The summed E-state index contributed by atoms with van der Waals surface area (Å²) in [6, 6.07) is 13.7. The second-order valence-corrected chi connectivity index (χ2v) is 7.13. The van der Waals surface area contributed by atoms with Gasteiger partial charge in [-0.3, -0.25) is 4.90 Å². The molecule has 0 aliphatic rings. The van der Waals surface area contributed by atoms with Crippen LogP contribution >= 0.6 is 0 Å². The average molecular weight is 433 g/mol. The van der Waals surface area contributed by atoms with E-state index in [2.05, 4.69) is 0 Å². The van der Waals surface area contributed by atoms with Crippen molar-refractivity contribution in [1.29, 1.82) is 0 Å². The monoisotopic (exact) mass is 432 g/mol. The van der Waals surface area contributed by atoms with E-state index in [1.165, 1.54) is 18.2 Å². The highest BCUT2D eigenvalue weighted by Gasteiger charge is 2.22. The molecule has 0 amide bonds. The summed E-state index contributed by atoms with van der Waals surface area (Å²) in [6.45, 7) is -18.8. The van der Waals surface area contributed by atoms with E-state index in [0.717, 1.165) is 5.56 Å². The fourth-order valence-electron chi connectivity index (χ4n) is 3.47. The molecule has 0 spiro atoms. The zero-order valence-corrected chi connectivity index (χ0v) is 17.1. The highest BCUT2D eigenvalue weighted by Crippen LogP contribution is 2.36. The number of nitrogens with zero attached hydrogens (tertiary/aromatic N) is 1. The molecule has 0 aliphatic heterocycles. The molecule has 0 heterocycles. The number of aryl methyl sites for hydroxylation is 1. The summed E-state index contributed by atoms with van der Waals surface area (Å²) < 4.78 is 145. The van der Waals surface area contributed by atoms with Gasteiger partial charge < -0.3 is 4.74 Å². The number of rotatable bonds is 10. The highest BCUT2D eigenvalue weighted by atomic mass is 16.5. The Morgan fingerprint density at radius 1 is 0.871 bits per heavy atom. The largest absolute Gasteiger partial charge is 0.489 e. The van der Waals surface area contributed by atoms with Crippen LogP contribution in [0.5, 0.6) is 5.75 Å². The van der Waals surface area contributed by atoms with Crippen LogP contribution in [0.25, 0.3) is 0 Å². The molecule has 3 aromatic carbocycles. The Hall–Kier alpha value is -2.58. The van der Waals surface area contributed by atoms with E-state index in [0.29, 0.717) is 5.56 Å². The first-order valence-electron chi connectivity index (χ1n) is 18.4. The maximum absolute atomic E-state index is 8.85. The van der Waals surface area contributed by atoms with Crippen LogP contribution in [0.2, 0.25) is 0 Å². The minimum atomic E-state index is -3.88. The molecular weight excluding hydrogens is 378 g/mol. The quantitative estimate of drug-likeness (QED) is 0.335. The molecule has 3 rings (SSSR count). The first-order chi connectivity index (χ1) is 21.8. The van der Waals surface area contributed by atoms with E-state index >= 15 is 0 Å². The maximum Gasteiger partial charge on any atom is 0.123 e. The van der Waals surface area contributed by atoms with Crippen molar-refractivity contribution >= 4 is 0 Å². The molecule has 0 saturated carbocycles. The van der Waals surface area contributed by atoms with E-state index in [4.69, 9.17) is 28.0 Å². The summed E-state index contributed by atoms with van der Waals surface area (Å²) in [6.07, 6.45) is -0.449. The Kier molecular flexibility index (Phi) is 3.42. The van der Waals surface area contributed by atoms with E-state index in [-0.39, 0.29) is 28.4 Å². The van der Waals surface area contributed by atoms with Gasteiger partial charge in [0.1, 0.15) is 12.4 Å². The van der Waals surface area contributed by atoms with E-state index < -0.39 is 65.2 Å². The van der Waals surface area contributed by atoms with Crippen molar-refractivity contribution in [2.24, 2.45) is 0 Å². The van der Waals surface area contributed by atoms with E-state index in [1.807, 2.05) is 6.07 Å². The minimum absolute atomic E-state index is 0.0520. The minimum Gasteiger partial charge on any atom is -0.489 e. The predicted octanol–water partition coefficient (Wildman–Crippen LogP) is 7.21. The molecule has 1 atom stereocenters. The predicted molar refractivity (Wildman–Crippen MR) is 132 cm³/mol. The zero-order valence-electron chi connectivity index (χ0n) is 34.1. The molecule has 0 radical (unpaired) electrons. The number of benzene rings is 3. The SMILES string of the molecule is [2H]C([2H])([2H])c1ccc(OCc2ccccc2)c([C@H](CCN(C([2H])(C([2H])([2H])[2H])C([2H])([2H])[2H])C([2H])(C([2H])([2H])[2H])C([2H])([2H])[2H])c2ccccc2)c1. The lowest BCUT2D eigenvalue weighted by atomic mass is 9.86. The van der Waals surface area contributed by atoms with Crippen molar-refractivity contribution < 1.29 is 28.0 Å². The lowest BCUT2D eigenvalue weighted by Crippen LogP contribution is -2.38. The van der Waals surface area contributed by atoms with Crippen molar-refractivity contribution in [3.8, 4) is 5.75 Å². The Bertz CT molecular complexity index is 1430. The smallest absolute Gasteiger partial charge is 0.123 e. The average Bonchev–Trinajstić information content (AvgIpc) is 2.96. The first kappa shape index (κ1) is 9.50. The van der Waals surface area contributed by atoms with Gasteiger partial charge in [-0.1, -0.05) is 78.4 Å². The summed E-state index contributed by atoms with van der Waals surface area (Å²) >= 11 is 0. The third-order valence-corrected chi connectivity index (χ3v) is 5.01. The van der Waals surface area contributed by atoms with Gasteiger partial charge in [-0.2, -0.15) is 0 Å². The summed E-state index contributed by atoms with van der Waals surface area (Å²) in [7, 11) is 0. The lowest BCUT2D eigenvalue weighted by Gasteiger charge is -2.32. The van der Waals surface area contributed by atoms with Crippen LogP contribution in [0.1, 0.15) is 85.3 Å². The van der Waals surface area contributed by atoms with Gasteiger partial charge in [-0.05, 0) is 64.4 Å². The summed E-state index contributed by atoms with van der Waals surface area (Å²) in [5, 5.41) is 0. The number of hydrogen-bond donors (Lipinski definition) is 0. The molecule has 0 N–H and O–H groups in total. The molecule has 0 unspecified atom stereocenters. The van der Waals surface area contributed by atoms with Gasteiger partial charge in [-0.15, -0.1) is 0 Å². The second kappa shape index (κ2) is 11.2. The molecule has 2 nitrogen and oxygen atoms in total. The van der Waals surface area contributed by atoms with Crippen molar-refractivity contribution in [2.75, 3.05) is 6.54 Å². The first-order valence-corrected chi connectivity index (χ1v) is 9.90. The summed E-state index contributed by atoms with van der Waals surface area (Å²) in [5.41, 5.74) is 1.39. The lowest BCUT2D eigenvalue weighted by molar-refractivity contribution is 0.170. The highest BCUT2D eigenvalue weighted by molar-refractivity contribution is 5.44. The molecule has 0 bridgehead atoms. The normalized spacial score (nSPS) is 23.3. The van der Waals surface area contributed by atoms with Gasteiger partial charge in [-0.25, -0.2) is 0 Å². The third kappa shape index (κ3) is 6.45. The Balaban J connectivity index is 2.31. The molecule has 0 fully saturated rings. The fourth-order valence-corrected chi connectivity index (χ4v) is 3.47. The molecule has 0 saturated heterocycles. The molecule has 0 aromatic heterocycles. The third-order valence-electron chi connectivity index (χ3n) is 5.01. The van der Waals surface area contributed by atoms with E-state index in [1.54, 1.807) is 54.6 Å². The van der Waals surface area contributed by atoms with Crippen molar-refractivity contribution in [3.63, 3.8) is 0 Å². The van der Waals surface area contributed by atoms with Gasteiger partial charge in [0.05, 0.1) is 0 Å². The van der Waals surface area contributed by atoms with Crippen LogP contribution in [0, 0.1) is 6.85 Å². The van der Waals surface area contributed by atoms with Gasteiger partial charge in [0.15, 0.2) is 0 Å². The number of hydrogen-bond acceptors (Lipinski definition) is 2. The Morgan fingerprint density at radius 2 is 1.55 bits per heavy atom. The second-order valence-electron chi connectivity index (χ2n) is 7.13. The molecule has 3 aromatic rings. The van der Waals surface area contributed by atoms with Gasteiger partial charge in [0.2, 0.25) is 0 Å². The van der Waals surface area contributed by atoms with Crippen LogP contribution in [0.4, 0.5) is 0 Å². The van der Waals surface area contributed by atoms with Crippen LogP contribution in [0.3, 0.4) is 0 Å². The standard InChI is InChI=1S/C29H37NO/c1-22(2)30(23(3)4)19-18-27(26-14-10-7-11-15-26)28-20-24(5)16-17-29(28)31-21-25-12-8-6-9-13-25/h6-17,20,22-23,27H,18-19,21H2,1-5H3/t27-/m1/s1/i1D3,2D3,3D3,4D3,5D3,22D,23D. The summed E-state index contributed by atoms with van der Waals surface area (Å²) in [4.78, 5) is -0.0615. The van der Waals surface area contributed by atoms with Crippen LogP contribution in [0.15, 0.2) is 78.9 Å². The van der Waals surface area contributed by atoms with Crippen LogP contribution in [-0.2, 0) is 6.61 Å². The topological polar surface area (TPSA) is 12.5 Å². The molecule has 2 heteroatoms. The van der Waals surface area contributed by atoms with E-state index in [9.17, 15) is 0 Å². The summed E-state index contributed by atoms with van der Waals surface area (Å²) in [5.74, 6) is -0.795. The van der Waals surface area contributed by atoms with Crippen molar-refractivity contribution in [3.05, 3.63) is 101 Å². The number of ether oxygens (including phenoxy) is 1. The van der Waals surface area contributed by atoms with Gasteiger partial charge >= 0.3 is 0 Å². The Labute approximate surface area is 212 Å². The van der Waals surface area contributed by atoms with Crippen LogP contribution in [-0.4, -0.2) is 23.5 Å². The van der Waals surface area contributed by atoms with Crippen molar-refractivity contribution in [1.82, 2.24) is 4.90 Å². The maximum atomic E-state index is 8.85. The molecule has 164 valence electrons. The fraction of sp³-hybridized carbons (Fsp3) is 0.379. The molecule has 0 aliphatic carbocycles. The van der Waals surface area contributed by atoms with Crippen LogP contribution < -0.4 is 4.74 Å². The van der Waals surface area contributed by atoms with Gasteiger partial charge in [0, 0.05) is 46.8 Å². The molecular formula is C29H37NO. The zero-order chi connectivity index (χ0) is 36.6. The molecule has 31 heavy (non-hydrogen) atoms. The van der Waals surface area contributed by atoms with Gasteiger partial charge in [0.25, 0.3) is 0 Å². The Morgan fingerprint density at radius 3 is 2.19 bits per heavy atom. The van der Waals surface area contributed by atoms with Crippen molar-refractivity contribution in [2.45, 2.75) is 65.2 Å².